The van der Waals surface area contributed by atoms with E-state index in [9.17, 15) is 4.79 Å². The zero-order chi connectivity index (χ0) is 14.5. The quantitative estimate of drug-likeness (QED) is 0.800. The van der Waals surface area contributed by atoms with Crippen molar-refractivity contribution < 1.29 is 4.74 Å². The van der Waals surface area contributed by atoms with Gasteiger partial charge < -0.3 is 14.6 Å². The Morgan fingerprint density at radius 2 is 2.00 bits per heavy atom. The molecule has 0 unspecified atom stereocenters. The van der Waals surface area contributed by atoms with E-state index < -0.39 is 0 Å². The fourth-order valence-electron chi connectivity index (χ4n) is 2.19. The van der Waals surface area contributed by atoms with E-state index in [2.05, 4.69) is 32.2 Å². The van der Waals surface area contributed by atoms with Crippen LogP contribution in [0.5, 0.6) is 0 Å². The van der Waals surface area contributed by atoms with Gasteiger partial charge in [0.15, 0.2) is 0 Å². The van der Waals surface area contributed by atoms with Gasteiger partial charge in [-0.2, -0.15) is 0 Å². The van der Waals surface area contributed by atoms with Crippen LogP contribution in [0.25, 0.3) is 0 Å². The lowest BCUT2D eigenvalue weighted by molar-refractivity contribution is 0.189. The first-order valence-corrected chi connectivity index (χ1v) is 6.78. The summed E-state index contributed by atoms with van der Waals surface area (Å²) in [6, 6.07) is 4.01. The Morgan fingerprint density at radius 1 is 1.32 bits per heavy atom. The minimum absolute atomic E-state index is 0.0373. The molecular formula is C15H26N2O2. The molecule has 1 rings (SSSR count). The molecule has 0 aliphatic heterocycles. The van der Waals surface area contributed by atoms with Crippen LogP contribution in [-0.4, -0.2) is 25.3 Å². The molecule has 0 fully saturated rings. The normalized spacial score (nSPS) is 11.8. The number of nitrogens with one attached hydrogen (secondary N) is 1. The molecule has 4 heteroatoms. The van der Waals surface area contributed by atoms with Crippen molar-refractivity contribution in [2.45, 2.75) is 45.7 Å². The monoisotopic (exact) mass is 266 g/mol. The highest BCUT2D eigenvalue weighted by Gasteiger charge is 2.19. The maximum atomic E-state index is 12.5. The van der Waals surface area contributed by atoms with Crippen molar-refractivity contribution in [2.75, 3.05) is 20.8 Å². The molecule has 4 nitrogen and oxygen atoms in total. The van der Waals surface area contributed by atoms with Crippen molar-refractivity contribution in [1.82, 2.24) is 9.88 Å². The number of nitrogens with zero attached hydrogens (tertiary/aromatic N) is 1. The summed E-state index contributed by atoms with van der Waals surface area (Å²) in [7, 11) is 3.54. The molecule has 1 aromatic heterocycles. The van der Waals surface area contributed by atoms with Crippen LogP contribution in [0.15, 0.2) is 16.9 Å². The van der Waals surface area contributed by atoms with Gasteiger partial charge in [0.2, 0.25) is 0 Å². The predicted octanol–water partition coefficient (Wildman–Crippen LogP) is 1.90. The average Bonchev–Trinajstić information content (AvgIpc) is 2.32. The molecule has 1 heterocycles. The second-order valence-electron chi connectivity index (χ2n) is 5.83. The molecule has 0 saturated heterocycles. The van der Waals surface area contributed by atoms with Crippen LogP contribution in [0.2, 0.25) is 0 Å². The molecule has 0 aliphatic carbocycles. The minimum atomic E-state index is -0.0373. The van der Waals surface area contributed by atoms with Crippen LogP contribution < -0.4 is 10.9 Å². The zero-order valence-electron chi connectivity index (χ0n) is 12.7. The third kappa shape index (κ3) is 4.18. The summed E-state index contributed by atoms with van der Waals surface area (Å²) in [5, 5.41) is 3.04. The number of hydrogen-bond donors (Lipinski definition) is 1. The first-order chi connectivity index (χ1) is 8.91. The van der Waals surface area contributed by atoms with Crippen molar-refractivity contribution >= 4 is 0 Å². The summed E-state index contributed by atoms with van der Waals surface area (Å²) in [4.78, 5) is 12.5. The van der Waals surface area contributed by atoms with Gasteiger partial charge in [-0.15, -0.1) is 0 Å². The predicted molar refractivity (Wildman–Crippen MR) is 78.7 cm³/mol. The molecule has 0 aromatic carbocycles. The molecule has 0 radical (unpaired) electrons. The molecule has 0 aliphatic rings. The highest BCUT2D eigenvalue weighted by atomic mass is 16.5. The van der Waals surface area contributed by atoms with Crippen LogP contribution in [-0.2, 0) is 23.2 Å². The molecular weight excluding hydrogens is 240 g/mol. The highest BCUT2D eigenvalue weighted by molar-refractivity contribution is 5.21. The highest BCUT2D eigenvalue weighted by Crippen LogP contribution is 2.21. The van der Waals surface area contributed by atoms with Crippen molar-refractivity contribution in [3.8, 4) is 0 Å². The van der Waals surface area contributed by atoms with Gasteiger partial charge in [-0.3, -0.25) is 4.79 Å². The molecule has 1 N–H and O–H groups in total. The number of rotatable bonds is 6. The van der Waals surface area contributed by atoms with Gasteiger partial charge in [0.1, 0.15) is 0 Å². The lowest BCUT2D eigenvalue weighted by Gasteiger charge is -2.25. The van der Waals surface area contributed by atoms with Crippen molar-refractivity contribution in [3.63, 3.8) is 0 Å². The SMILES string of the molecule is CNCc1ccc(C(C)(C)C)n(CCCOC)c1=O. The second kappa shape index (κ2) is 6.87. The number of ether oxygens (including phenoxy) is 1. The Balaban J connectivity index is 3.18. The third-order valence-electron chi connectivity index (χ3n) is 3.12. The van der Waals surface area contributed by atoms with E-state index >= 15 is 0 Å². The van der Waals surface area contributed by atoms with E-state index in [4.69, 9.17) is 4.74 Å². The van der Waals surface area contributed by atoms with Gasteiger partial charge >= 0.3 is 0 Å². The summed E-state index contributed by atoms with van der Waals surface area (Å²) in [5.74, 6) is 0. The second-order valence-corrected chi connectivity index (χ2v) is 5.83. The van der Waals surface area contributed by atoms with Crippen molar-refractivity contribution in [1.29, 1.82) is 0 Å². The van der Waals surface area contributed by atoms with Gasteiger partial charge in [0, 0.05) is 43.5 Å². The fourth-order valence-corrected chi connectivity index (χ4v) is 2.19. The number of methoxy groups -OCH3 is 1. The lowest BCUT2D eigenvalue weighted by Crippen LogP contribution is -2.33. The Morgan fingerprint density at radius 3 is 2.53 bits per heavy atom. The molecule has 108 valence electrons. The smallest absolute Gasteiger partial charge is 0.255 e. The topological polar surface area (TPSA) is 43.3 Å². The molecule has 0 atom stereocenters. The van der Waals surface area contributed by atoms with E-state index in [1.54, 1.807) is 7.11 Å². The molecule has 19 heavy (non-hydrogen) atoms. The van der Waals surface area contributed by atoms with Gasteiger partial charge in [-0.05, 0) is 19.5 Å². The molecule has 0 spiro atoms. The van der Waals surface area contributed by atoms with Gasteiger partial charge in [-0.1, -0.05) is 26.8 Å². The van der Waals surface area contributed by atoms with Crippen LogP contribution in [0, 0.1) is 0 Å². The van der Waals surface area contributed by atoms with Crippen LogP contribution >= 0.6 is 0 Å². The average molecular weight is 266 g/mol. The van der Waals surface area contributed by atoms with Gasteiger partial charge in [0.05, 0.1) is 0 Å². The summed E-state index contributed by atoms with van der Waals surface area (Å²) in [6.07, 6.45) is 0.850. The Labute approximate surface area is 115 Å². The summed E-state index contributed by atoms with van der Waals surface area (Å²) < 4.78 is 6.97. The largest absolute Gasteiger partial charge is 0.385 e. The number of hydrogen-bond acceptors (Lipinski definition) is 3. The third-order valence-corrected chi connectivity index (χ3v) is 3.12. The van der Waals surface area contributed by atoms with Crippen LogP contribution in [0.4, 0.5) is 0 Å². The molecule has 0 saturated carbocycles. The summed E-state index contributed by atoms with van der Waals surface area (Å²) in [6.45, 7) is 8.38. The van der Waals surface area contributed by atoms with Crippen molar-refractivity contribution in [2.24, 2.45) is 0 Å². The summed E-state index contributed by atoms with van der Waals surface area (Å²) >= 11 is 0. The van der Waals surface area contributed by atoms with E-state index in [1.165, 1.54) is 0 Å². The maximum absolute atomic E-state index is 12.5. The Bertz CT molecular complexity index is 458. The molecule has 1 aromatic rings. The fraction of sp³-hybridized carbons (Fsp3) is 0.667. The lowest BCUT2D eigenvalue weighted by atomic mass is 9.90. The maximum Gasteiger partial charge on any atom is 0.255 e. The number of aromatic nitrogens is 1. The Hall–Kier alpha value is -1.13. The van der Waals surface area contributed by atoms with Gasteiger partial charge in [-0.25, -0.2) is 0 Å². The van der Waals surface area contributed by atoms with E-state index in [0.717, 1.165) is 17.7 Å². The first kappa shape index (κ1) is 15.9. The zero-order valence-corrected chi connectivity index (χ0v) is 12.7. The summed E-state index contributed by atoms with van der Waals surface area (Å²) in [5.41, 5.74) is 1.96. The van der Waals surface area contributed by atoms with Crippen molar-refractivity contribution in [3.05, 3.63) is 33.7 Å². The number of pyridine rings is 1. The Kier molecular flexibility index (Phi) is 5.76. The van der Waals surface area contributed by atoms with E-state index in [0.29, 0.717) is 19.7 Å². The molecule has 0 amide bonds. The van der Waals surface area contributed by atoms with Crippen LogP contribution in [0.3, 0.4) is 0 Å². The van der Waals surface area contributed by atoms with E-state index in [1.807, 2.05) is 17.7 Å². The van der Waals surface area contributed by atoms with Crippen LogP contribution in [0.1, 0.15) is 38.4 Å². The standard InChI is InChI=1S/C15H26N2O2/c1-15(2,3)13-8-7-12(11-16-4)14(18)17(13)9-6-10-19-5/h7-8,16H,6,9-11H2,1-5H3. The molecule has 0 bridgehead atoms. The minimum Gasteiger partial charge on any atom is -0.385 e. The van der Waals surface area contributed by atoms with E-state index in [-0.39, 0.29) is 11.0 Å². The van der Waals surface area contributed by atoms with Gasteiger partial charge in [0.25, 0.3) is 5.56 Å². The first-order valence-electron chi connectivity index (χ1n) is 6.78.